The molecule has 4 heteroatoms. The molecule has 1 aromatic heterocycles. The summed E-state index contributed by atoms with van der Waals surface area (Å²) in [7, 11) is 0. The fourth-order valence-corrected chi connectivity index (χ4v) is 4.01. The monoisotopic (exact) mass is 369 g/mol. The highest BCUT2D eigenvalue weighted by atomic mass is 16.5. The lowest BCUT2D eigenvalue weighted by Gasteiger charge is -2.14. The van der Waals surface area contributed by atoms with Crippen LogP contribution in [0.2, 0.25) is 0 Å². The summed E-state index contributed by atoms with van der Waals surface area (Å²) in [5.74, 6) is 1.70. The maximum atomic E-state index is 6.09. The van der Waals surface area contributed by atoms with E-state index >= 15 is 0 Å². The Bertz CT molecular complexity index is 1110. The van der Waals surface area contributed by atoms with Crippen molar-refractivity contribution in [3.8, 4) is 11.5 Å². The van der Waals surface area contributed by atoms with Gasteiger partial charge in [-0.05, 0) is 60.2 Å². The third-order valence-electron chi connectivity index (χ3n) is 5.50. The second-order valence-electron chi connectivity index (χ2n) is 7.54. The Balaban J connectivity index is 1.23. The van der Waals surface area contributed by atoms with Crippen molar-refractivity contribution in [2.75, 3.05) is 0 Å². The highest BCUT2D eigenvalue weighted by Crippen LogP contribution is 2.28. The molecular weight excluding hydrogens is 346 g/mol. The maximum Gasteiger partial charge on any atom is 0.130 e. The smallest absolute Gasteiger partial charge is 0.130 e. The summed E-state index contributed by atoms with van der Waals surface area (Å²) in [6.45, 7) is 2.97. The minimum atomic E-state index is 0.523. The zero-order valence-corrected chi connectivity index (χ0v) is 15.9. The van der Waals surface area contributed by atoms with Crippen molar-refractivity contribution in [2.45, 2.75) is 32.4 Å². The second-order valence-corrected chi connectivity index (χ2v) is 7.54. The van der Waals surface area contributed by atoms with E-state index in [4.69, 9.17) is 4.74 Å². The van der Waals surface area contributed by atoms with Gasteiger partial charge < -0.3 is 15.0 Å². The second kappa shape index (κ2) is 7.13. The summed E-state index contributed by atoms with van der Waals surface area (Å²) in [6, 6.07) is 21.6. The largest absolute Gasteiger partial charge is 0.457 e. The normalized spacial score (nSPS) is 13.8. The number of nitrogens with zero attached hydrogens (tertiary/aromatic N) is 1. The Morgan fingerprint density at radius 1 is 1.04 bits per heavy atom. The number of nitrogens with one attached hydrogen (secondary N) is 2. The summed E-state index contributed by atoms with van der Waals surface area (Å²) in [5.41, 5.74) is 7.31. The zero-order valence-electron chi connectivity index (χ0n) is 15.9. The molecule has 28 heavy (non-hydrogen) atoms. The van der Waals surface area contributed by atoms with Crippen molar-refractivity contribution in [2.24, 2.45) is 0 Å². The molecule has 0 fully saturated rings. The van der Waals surface area contributed by atoms with Gasteiger partial charge in [-0.1, -0.05) is 36.4 Å². The van der Waals surface area contributed by atoms with Gasteiger partial charge in [-0.3, -0.25) is 0 Å². The number of hydrogen-bond acceptors (Lipinski definition) is 3. The third kappa shape index (κ3) is 3.39. The van der Waals surface area contributed by atoms with Gasteiger partial charge in [0.1, 0.15) is 11.5 Å². The SMILES string of the molecule is Cc1cc(CNC2Cc3ccccc3C2)ccc1Oc1ccc2nc[nH]c2c1. The van der Waals surface area contributed by atoms with Crippen molar-refractivity contribution in [3.63, 3.8) is 0 Å². The molecule has 1 heterocycles. The molecule has 0 radical (unpaired) electrons. The Labute approximate surface area is 164 Å². The van der Waals surface area contributed by atoms with Crippen molar-refractivity contribution in [3.05, 3.63) is 89.2 Å². The zero-order chi connectivity index (χ0) is 18.9. The molecule has 2 N–H and O–H groups in total. The maximum absolute atomic E-state index is 6.09. The van der Waals surface area contributed by atoms with Crippen molar-refractivity contribution in [1.82, 2.24) is 15.3 Å². The van der Waals surface area contributed by atoms with Crippen LogP contribution in [0.25, 0.3) is 11.0 Å². The van der Waals surface area contributed by atoms with Crippen LogP contribution in [-0.2, 0) is 19.4 Å². The molecule has 0 unspecified atom stereocenters. The van der Waals surface area contributed by atoms with E-state index in [1.54, 1.807) is 6.33 Å². The summed E-state index contributed by atoms with van der Waals surface area (Å²) < 4.78 is 6.09. The first kappa shape index (κ1) is 17.0. The molecule has 4 nitrogen and oxygen atoms in total. The van der Waals surface area contributed by atoms with E-state index in [1.165, 1.54) is 16.7 Å². The summed E-state index contributed by atoms with van der Waals surface area (Å²) in [4.78, 5) is 7.36. The van der Waals surface area contributed by atoms with E-state index in [1.807, 2.05) is 18.2 Å². The Kier molecular flexibility index (Phi) is 4.34. The van der Waals surface area contributed by atoms with Gasteiger partial charge in [0.05, 0.1) is 17.4 Å². The van der Waals surface area contributed by atoms with Crippen LogP contribution in [-0.4, -0.2) is 16.0 Å². The average molecular weight is 369 g/mol. The van der Waals surface area contributed by atoms with E-state index in [2.05, 4.69) is 64.7 Å². The highest BCUT2D eigenvalue weighted by Gasteiger charge is 2.20. The molecular formula is C24H23N3O. The number of benzene rings is 3. The molecule has 1 aliphatic rings. The number of rotatable bonds is 5. The standard InChI is InChI=1S/C24H23N3O/c1-16-10-17(14-25-20-11-18-4-2-3-5-19(18)12-20)6-9-24(16)28-21-7-8-22-23(13-21)27-15-26-22/h2-10,13,15,20,25H,11-12,14H2,1H3,(H,26,27). The average Bonchev–Trinajstić information content (AvgIpc) is 3.34. The van der Waals surface area contributed by atoms with Crippen LogP contribution >= 0.6 is 0 Å². The molecule has 4 aromatic rings. The number of hydrogen-bond donors (Lipinski definition) is 2. The molecule has 0 atom stereocenters. The minimum Gasteiger partial charge on any atom is -0.457 e. The molecule has 0 amide bonds. The van der Waals surface area contributed by atoms with Gasteiger partial charge in [0.25, 0.3) is 0 Å². The van der Waals surface area contributed by atoms with Gasteiger partial charge in [0, 0.05) is 18.7 Å². The molecule has 140 valence electrons. The molecule has 0 saturated carbocycles. The topological polar surface area (TPSA) is 49.9 Å². The van der Waals surface area contributed by atoms with Crippen LogP contribution in [0.4, 0.5) is 0 Å². The van der Waals surface area contributed by atoms with Gasteiger partial charge >= 0.3 is 0 Å². The summed E-state index contributed by atoms with van der Waals surface area (Å²) >= 11 is 0. The van der Waals surface area contributed by atoms with Gasteiger partial charge in [0.2, 0.25) is 0 Å². The summed E-state index contributed by atoms with van der Waals surface area (Å²) in [5, 5.41) is 3.71. The predicted octanol–water partition coefficient (Wildman–Crippen LogP) is 4.92. The van der Waals surface area contributed by atoms with Crippen LogP contribution < -0.4 is 10.1 Å². The van der Waals surface area contributed by atoms with Crippen LogP contribution in [0.3, 0.4) is 0 Å². The van der Waals surface area contributed by atoms with E-state index in [0.717, 1.165) is 47.5 Å². The van der Waals surface area contributed by atoms with Crippen LogP contribution in [0.5, 0.6) is 11.5 Å². The molecule has 0 aliphatic heterocycles. The first-order valence-electron chi connectivity index (χ1n) is 9.75. The molecule has 1 aliphatic carbocycles. The number of imidazole rings is 1. The summed E-state index contributed by atoms with van der Waals surface area (Å²) in [6.07, 6.45) is 3.93. The van der Waals surface area contributed by atoms with Crippen LogP contribution in [0.15, 0.2) is 67.0 Å². The fraction of sp³-hybridized carbons (Fsp3) is 0.208. The number of aryl methyl sites for hydroxylation is 1. The first-order chi connectivity index (χ1) is 13.7. The first-order valence-corrected chi connectivity index (χ1v) is 9.75. The van der Waals surface area contributed by atoms with Crippen LogP contribution in [0.1, 0.15) is 22.3 Å². The van der Waals surface area contributed by atoms with Crippen molar-refractivity contribution in [1.29, 1.82) is 0 Å². The molecule has 0 saturated heterocycles. The van der Waals surface area contributed by atoms with Crippen molar-refractivity contribution < 1.29 is 4.74 Å². The fourth-order valence-electron chi connectivity index (χ4n) is 4.01. The number of fused-ring (bicyclic) bond motifs is 2. The lowest BCUT2D eigenvalue weighted by atomic mass is 10.1. The van der Waals surface area contributed by atoms with E-state index in [0.29, 0.717) is 6.04 Å². The van der Waals surface area contributed by atoms with Gasteiger partial charge in [-0.15, -0.1) is 0 Å². The van der Waals surface area contributed by atoms with E-state index < -0.39 is 0 Å². The quantitative estimate of drug-likeness (QED) is 0.525. The van der Waals surface area contributed by atoms with E-state index in [-0.39, 0.29) is 0 Å². The minimum absolute atomic E-state index is 0.523. The predicted molar refractivity (Wildman–Crippen MR) is 112 cm³/mol. The van der Waals surface area contributed by atoms with Crippen molar-refractivity contribution >= 4 is 11.0 Å². The third-order valence-corrected chi connectivity index (χ3v) is 5.50. The lowest BCUT2D eigenvalue weighted by molar-refractivity contribution is 0.478. The number of aromatic nitrogens is 2. The van der Waals surface area contributed by atoms with Gasteiger partial charge in [-0.25, -0.2) is 4.98 Å². The van der Waals surface area contributed by atoms with E-state index in [9.17, 15) is 0 Å². The van der Waals surface area contributed by atoms with Gasteiger partial charge in [-0.2, -0.15) is 0 Å². The molecule has 5 rings (SSSR count). The Hall–Kier alpha value is -3.11. The highest BCUT2D eigenvalue weighted by molar-refractivity contribution is 5.76. The number of aromatic amines is 1. The molecule has 0 bridgehead atoms. The van der Waals surface area contributed by atoms with Gasteiger partial charge in [0.15, 0.2) is 0 Å². The number of H-pyrrole nitrogens is 1. The van der Waals surface area contributed by atoms with Crippen LogP contribution in [0, 0.1) is 6.92 Å². The molecule has 0 spiro atoms. The Morgan fingerprint density at radius 2 is 1.86 bits per heavy atom. The Morgan fingerprint density at radius 3 is 2.64 bits per heavy atom. The number of ether oxygens (including phenoxy) is 1. The lowest BCUT2D eigenvalue weighted by Crippen LogP contribution is -2.28. The molecule has 3 aromatic carbocycles.